The van der Waals surface area contributed by atoms with E-state index < -0.39 is 36.9 Å². The number of hydrogen-bond donors (Lipinski definition) is 2. The molecule has 2 aliphatic rings. The van der Waals surface area contributed by atoms with Crippen LogP contribution in [0.5, 0.6) is 5.75 Å². The summed E-state index contributed by atoms with van der Waals surface area (Å²) in [6.45, 7) is 3.20. The van der Waals surface area contributed by atoms with Crippen molar-refractivity contribution >= 4 is 17.8 Å². The Bertz CT molecular complexity index is 1190. The number of rotatable bonds is 9. The number of aromatic nitrogens is 1. The fraction of sp³-hybridized carbons (Fsp3) is 0.500. The maximum absolute atomic E-state index is 12.9. The van der Waals surface area contributed by atoms with Crippen LogP contribution in [-0.2, 0) is 14.3 Å². The van der Waals surface area contributed by atoms with E-state index in [0.29, 0.717) is 43.7 Å². The number of likely N-dealkylation sites (tertiary alicyclic amines) is 1. The molecule has 0 unspecified atom stereocenters. The lowest BCUT2D eigenvalue weighted by molar-refractivity contribution is -0.153. The molecule has 0 spiro atoms. The second-order valence-corrected chi connectivity index (χ2v) is 10.2. The largest absolute Gasteiger partial charge is 0.482 e. The molecule has 12 heteroatoms. The van der Waals surface area contributed by atoms with Crippen LogP contribution < -0.4 is 15.4 Å². The fourth-order valence-corrected chi connectivity index (χ4v) is 4.79. The third kappa shape index (κ3) is 7.93. The van der Waals surface area contributed by atoms with Crippen molar-refractivity contribution in [2.24, 2.45) is 0 Å². The lowest BCUT2D eigenvalue weighted by Crippen LogP contribution is -2.52. The Labute approximate surface area is 230 Å². The van der Waals surface area contributed by atoms with E-state index in [1.165, 1.54) is 12.3 Å². The van der Waals surface area contributed by atoms with Gasteiger partial charge in [0.1, 0.15) is 17.5 Å². The summed E-state index contributed by atoms with van der Waals surface area (Å²) in [5.41, 5.74) is 1.83. The Balaban J connectivity index is 1.37. The smallest absolute Gasteiger partial charge is 0.401 e. The number of hydrogen-bond acceptors (Lipinski definition) is 7. The van der Waals surface area contributed by atoms with E-state index >= 15 is 0 Å². The highest BCUT2D eigenvalue weighted by atomic mass is 19.4. The molecule has 0 bridgehead atoms. The summed E-state index contributed by atoms with van der Waals surface area (Å²) in [4.78, 5) is 42.7. The molecule has 2 N–H and O–H groups in total. The number of ether oxygens (including phenoxy) is 2. The average Bonchev–Trinajstić information content (AvgIpc) is 3.36. The molecule has 40 heavy (non-hydrogen) atoms. The summed E-state index contributed by atoms with van der Waals surface area (Å²) in [6.07, 6.45) is -2.54. The SMILES string of the molecule is Cc1ccc([C@@H](Oc2ccc(C(=O)N[C@@H]3CCCN(C(=O)[C@@H]4CCC(=O)O4)C3)nc2)[C@H](C)NCC(F)(F)F)cc1. The summed E-state index contributed by atoms with van der Waals surface area (Å²) in [7, 11) is 0. The Hall–Kier alpha value is -3.67. The van der Waals surface area contributed by atoms with Crippen molar-refractivity contribution in [3.05, 3.63) is 59.4 Å². The molecular formula is C28H33F3N4O5. The molecule has 1 aromatic carbocycles. The average molecular weight is 563 g/mol. The summed E-state index contributed by atoms with van der Waals surface area (Å²) < 4.78 is 49.5. The molecule has 0 aliphatic carbocycles. The maximum atomic E-state index is 12.9. The van der Waals surface area contributed by atoms with Gasteiger partial charge in [0.15, 0.2) is 6.10 Å². The first-order valence-electron chi connectivity index (χ1n) is 13.3. The molecular weight excluding hydrogens is 529 g/mol. The van der Waals surface area contributed by atoms with Gasteiger partial charge in [-0.1, -0.05) is 29.8 Å². The number of nitrogens with one attached hydrogen (secondary N) is 2. The fourth-order valence-electron chi connectivity index (χ4n) is 4.79. The number of cyclic esters (lactones) is 1. The van der Waals surface area contributed by atoms with Gasteiger partial charge in [-0.15, -0.1) is 0 Å². The summed E-state index contributed by atoms with van der Waals surface area (Å²) in [5.74, 6) is -0.751. The Morgan fingerprint density at radius 1 is 1.18 bits per heavy atom. The van der Waals surface area contributed by atoms with Gasteiger partial charge in [-0.25, -0.2) is 4.98 Å². The van der Waals surface area contributed by atoms with Crippen molar-refractivity contribution in [2.45, 2.75) is 70.0 Å². The van der Waals surface area contributed by atoms with Crippen LogP contribution in [0.2, 0.25) is 0 Å². The van der Waals surface area contributed by atoms with Crippen molar-refractivity contribution in [2.75, 3.05) is 19.6 Å². The highest BCUT2D eigenvalue weighted by molar-refractivity contribution is 5.92. The molecule has 2 saturated heterocycles. The topological polar surface area (TPSA) is 110 Å². The quantitative estimate of drug-likeness (QED) is 0.451. The molecule has 2 aromatic rings. The molecule has 4 atom stereocenters. The van der Waals surface area contributed by atoms with Gasteiger partial charge in [0.2, 0.25) is 0 Å². The molecule has 1 aromatic heterocycles. The van der Waals surface area contributed by atoms with Crippen LogP contribution in [0, 0.1) is 6.92 Å². The van der Waals surface area contributed by atoms with Crippen molar-refractivity contribution < 1.29 is 37.0 Å². The second-order valence-electron chi connectivity index (χ2n) is 10.2. The molecule has 216 valence electrons. The highest BCUT2D eigenvalue weighted by Crippen LogP contribution is 2.26. The van der Waals surface area contributed by atoms with Crippen LogP contribution in [0.25, 0.3) is 0 Å². The molecule has 9 nitrogen and oxygen atoms in total. The molecule has 0 radical (unpaired) electrons. The number of benzene rings is 1. The summed E-state index contributed by atoms with van der Waals surface area (Å²) in [5, 5.41) is 5.37. The van der Waals surface area contributed by atoms with Gasteiger partial charge in [-0.3, -0.25) is 14.4 Å². The van der Waals surface area contributed by atoms with Crippen LogP contribution in [0.15, 0.2) is 42.6 Å². The van der Waals surface area contributed by atoms with Gasteiger partial charge < -0.3 is 25.0 Å². The van der Waals surface area contributed by atoms with E-state index in [0.717, 1.165) is 5.56 Å². The van der Waals surface area contributed by atoms with Gasteiger partial charge in [0, 0.05) is 38.0 Å². The zero-order valence-electron chi connectivity index (χ0n) is 22.4. The number of pyridine rings is 1. The Morgan fingerprint density at radius 3 is 2.55 bits per heavy atom. The normalized spacial score (nSPS) is 20.9. The third-order valence-electron chi connectivity index (χ3n) is 6.94. The monoisotopic (exact) mass is 562 g/mol. The minimum absolute atomic E-state index is 0.135. The number of nitrogens with zero attached hydrogens (tertiary/aromatic N) is 2. The molecule has 2 fully saturated rings. The number of esters is 1. The first kappa shape index (κ1) is 29.3. The predicted molar refractivity (Wildman–Crippen MR) is 138 cm³/mol. The van der Waals surface area contributed by atoms with E-state index in [4.69, 9.17) is 9.47 Å². The number of piperidine rings is 1. The van der Waals surface area contributed by atoms with E-state index in [1.54, 1.807) is 30.0 Å². The lowest BCUT2D eigenvalue weighted by atomic mass is 10.0. The zero-order valence-corrected chi connectivity index (χ0v) is 22.4. The molecule has 2 aliphatic heterocycles. The van der Waals surface area contributed by atoms with Gasteiger partial charge in [0.05, 0.1) is 12.7 Å². The molecule has 3 heterocycles. The third-order valence-corrected chi connectivity index (χ3v) is 6.94. The highest BCUT2D eigenvalue weighted by Gasteiger charge is 2.35. The van der Waals surface area contributed by atoms with Crippen LogP contribution >= 0.6 is 0 Å². The summed E-state index contributed by atoms with van der Waals surface area (Å²) >= 11 is 0. The van der Waals surface area contributed by atoms with Crippen molar-refractivity contribution in [3.8, 4) is 5.75 Å². The molecule has 2 amide bonds. The maximum Gasteiger partial charge on any atom is 0.401 e. The number of carbonyl (C=O) groups excluding carboxylic acids is 3. The first-order valence-corrected chi connectivity index (χ1v) is 13.3. The van der Waals surface area contributed by atoms with E-state index in [2.05, 4.69) is 15.6 Å². The Morgan fingerprint density at radius 2 is 1.93 bits per heavy atom. The lowest BCUT2D eigenvalue weighted by Gasteiger charge is -2.34. The van der Waals surface area contributed by atoms with Crippen LogP contribution in [-0.4, -0.2) is 71.7 Å². The molecule has 4 rings (SSSR count). The number of alkyl halides is 3. The van der Waals surface area contributed by atoms with E-state index in [-0.39, 0.29) is 30.0 Å². The van der Waals surface area contributed by atoms with Gasteiger partial charge in [-0.05, 0) is 44.4 Å². The predicted octanol–water partition coefficient (Wildman–Crippen LogP) is 3.48. The van der Waals surface area contributed by atoms with Crippen molar-refractivity contribution in [3.63, 3.8) is 0 Å². The zero-order chi connectivity index (χ0) is 28.9. The van der Waals surface area contributed by atoms with Crippen LogP contribution in [0.1, 0.15) is 60.3 Å². The van der Waals surface area contributed by atoms with Gasteiger partial charge in [-0.2, -0.15) is 13.2 Å². The van der Waals surface area contributed by atoms with E-state index in [1.807, 2.05) is 19.1 Å². The second kappa shape index (κ2) is 12.7. The van der Waals surface area contributed by atoms with Gasteiger partial charge in [0.25, 0.3) is 11.8 Å². The van der Waals surface area contributed by atoms with Crippen molar-refractivity contribution in [1.82, 2.24) is 20.5 Å². The number of aryl methyl sites for hydroxylation is 1. The number of amides is 2. The van der Waals surface area contributed by atoms with Crippen LogP contribution in [0.3, 0.4) is 0 Å². The molecule has 0 saturated carbocycles. The van der Waals surface area contributed by atoms with E-state index in [9.17, 15) is 27.6 Å². The number of carbonyl (C=O) groups is 3. The Kier molecular flexibility index (Phi) is 9.28. The first-order chi connectivity index (χ1) is 19.0. The minimum atomic E-state index is -4.37. The van der Waals surface area contributed by atoms with Crippen molar-refractivity contribution in [1.29, 1.82) is 0 Å². The summed E-state index contributed by atoms with van der Waals surface area (Å²) in [6, 6.07) is 9.37. The van der Waals surface area contributed by atoms with Gasteiger partial charge >= 0.3 is 12.1 Å². The van der Waals surface area contributed by atoms with Crippen LogP contribution in [0.4, 0.5) is 13.2 Å². The number of halogens is 3. The standard InChI is InChI=1S/C28H33F3N4O5/c1-17-5-7-19(8-6-17)25(18(2)33-16-28(29,30)31)39-21-9-10-22(32-14-21)26(37)34-20-4-3-13-35(15-20)27(38)23-11-12-24(36)40-23/h5-10,14,18,20,23,25,33H,3-4,11-13,15-16H2,1-2H3,(H,34,37)/t18-,20+,23-,25-/m0/s1. The minimum Gasteiger partial charge on any atom is -0.482 e.